The summed E-state index contributed by atoms with van der Waals surface area (Å²) in [5.74, 6) is -0.395. The van der Waals surface area contributed by atoms with Crippen LogP contribution in [0, 0.1) is 5.82 Å². The summed E-state index contributed by atoms with van der Waals surface area (Å²) in [5, 5.41) is 10.3. The van der Waals surface area contributed by atoms with Crippen molar-refractivity contribution in [2.75, 3.05) is 0 Å². The number of hydrogen-bond acceptors (Lipinski definition) is 2. The molecule has 0 aliphatic carbocycles. The summed E-state index contributed by atoms with van der Waals surface area (Å²) < 4.78 is 13.0. The van der Waals surface area contributed by atoms with Gasteiger partial charge in [0.05, 0.1) is 11.8 Å². The van der Waals surface area contributed by atoms with Crippen molar-refractivity contribution in [2.24, 2.45) is 0 Å². The Morgan fingerprint density at radius 2 is 1.94 bits per heavy atom. The Morgan fingerprint density at radius 3 is 2.59 bits per heavy atom. The second-order valence-corrected chi connectivity index (χ2v) is 4.83. The third-order valence-electron chi connectivity index (χ3n) is 3.09. The van der Waals surface area contributed by atoms with Gasteiger partial charge in [-0.05, 0) is 19.4 Å². The lowest BCUT2D eigenvalue weighted by Crippen LogP contribution is -2.21. The first kappa shape index (κ1) is 14.1. The summed E-state index contributed by atoms with van der Waals surface area (Å²) in [6.07, 6.45) is 9.08. The molecule has 0 spiro atoms. The van der Waals surface area contributed by atoms with Gasteiger partial charge in [0.1, 0.15) is 5.82 Å². The predicted octanol–water partition coefficient (Wildman–Crippen LogP) is 3.79. The maximum absolute atomic E-state index is 13.0. The topological polar surface area (TPSA) is 33.1 Å². The zero-order chi connectivity index (χ0) is 12.7. The van der Waals surface area contributed by atoms with Gasteiger partial charge in [-0.25, -0.2) is 4.39 Å². The summed E-state index contributed by atoms with van der Waals surface area (Å²) in [5.41, 5.74) is -0.408. The van der Waals surface area contributed by atoms with Crippen molar-refractivity contribution >= 4 is 0 Å². The summed E-state index contributed by atoms with van der Waals surface area (Å²) in [6, 6.07) is 1.36. The van der Waals surface area contributed by atoms with Crippen LogP contribution < -0.4 is 0 Å². The molecule has 0 radical (unpaired) electrons. The van der Waals surface area contributed by atoms with Crippen molar-refractivity contribution in [2.45, 2.75) is 58.0 Å². The van der Waals surface area contributed by atoms with Crippen LogP contribution in [0.25, 0.3) is 0 Å². The first-order chi connectivity index (χ1) is 8.06. The molecule has 3 heteroatoms. The van der Waals surface area contributed by atoms with E-state index in [0.717, 1.165) is 19.0 Å². The highest BCUT2D eigenvalue weighted by Gasteiger charge is 2.23. The number of pyridine rings is 1. The van der Waals surface area contributed by atoms with Crippen LogP contribution in [0.15, 0.2) is 18.5 Å². The minimum absolute atomic E-state index is 0.395. The Morgan fingerprint density at radius 1 is 1.24 bits per heavy atom. The molecule has 17 heavy (non-hydrogen) atoms. The molecule has 0 saturated heterocycles. The molecular formula is C14H22FNO. The summed E-state index contributed by atoms with van der Waals surface area (Å²) in [7, 11) is 0. The molecule has 1 aromatic rings. The Bertz CT molecular complexity index is 339. The Kier molecular flexibility index (Phi) is 5.56. The van der Waals surface area contributed by atoms with E-state index in [1.807, 2.05) is 0 Å². The second kappa shape index (κ2) is 6.70. The molecular weight excluding hydrogens is 217 g/mol. The maximum Gasteiger partial charge on any atom is 0.141 e. The third-order valence-corrected chi connectivity index (χ3v) is 3.09. The normalized spacial score (nSPS) is 14.6. The highest BCUT2D eigenvalue weighted by molar-refractivity contribution is 5.17. The van der Waals surface area contributed by atoms with Crippen molar-refractivity contribution in [3.8, 4) is 0 Å². The highest BCUT2D eigenvalue weighted by atomic mass is 19.1. The van der Waals surface area contributed by atoms with Crippen molar-refractivity contribution in [3.05, 3.63) is 29.8 Å². The predicted molar refractivity (Wildman–Crippen MR) is 67.1 cm³/mol. The van der Waals surface area contributed by atoms with Crippen LogP contribution in [0.5, 0.6) is 0 Å². The fraction of sp³-hybridized carbons (Fsp3) is 0.643. The van der Waals surface area contributed by atoms with E-state index >= 15 is 0 Å². The van der Waals surface area contributed by atoms with E-state index < -0.39 is 11.4 Å². The molecule has 0 aliphatic rings. The molecule has 1 heterocycles. The Hall–Kier alpha value is -0.960. The van der Waals surface area contributed by atoms with Crippen molar-refractivity contribution < 1.29 is 9.50 Å². The molecule has 0 bridgehead atoms. The number of aromatic nitrogens is 1. The van der Waals surface area contributed by atoms with E-state index in [9.17, 15) is 9.50 Å². The van der Waals surface area contributed by atoms with Gasteiger partial charge in [-0.15, -0.1) is 0 Å². The van der Waals surface area contributed by atoms with E-state index in [4.69, 9.17) is 0 Å². The number of unbranched alkanes of at least 4 members (excludes halogenated alkanes) is 4. The summed E-state index contributed by atoms with van der Waals surface area (Å²) in [4.78, 5) is 3.77. The van der Waals surface area contributed by atoms with Gasteiger partial charge in [-0.1, -0.05) is 39.0 Å². The van der Waals surface area contributed by atoms with Gasteiger partial charge < -0.3 is 5.11 Å². The van der Waals surface area contributed by atoms with Gasteiger partial charge in [-0.3, -0.25) is 4.98 Å². The van der Waals surface area contributed by atoms with E-state index in [0.29, 0.717) is 12.0 Å². The first-order valence-electron chi connectivity index (χ1n) is 6.39. The summed E-state index contributed by atoms with van der Waals surface area (Å²) >= 11 is 0. The molecule has 1 aromatic heterocycles. The van der Waals surface area contributed by atoms with Gasteiger partial charge in [0.2, 0.25) is 0 Å². The van der Waals surface area contributed by atoms with Crippen LogP contribution in [0.1, 0.15) is 57.9 Å². The van der Waals surface area contributed by atoms with Gasteiger partial charge in [0.15, 0.2) is 0 Å². The molecule has 1 rings (SSSR count). The fourth-order valence-electron chi connectivity index (χ4n) is 1.92. The largest absolute Gasteiger partial charge is 0.385 e. The average molecular weight is 239 g/mol. The number of halogens is 1. The molecule has 96 valence electrons. The van der Waals surface area contributed by atoms with Crippen molar-refractivity contribution in [3.63, 3.8) is 0 Å². The van der Waals surface area contributed by atoms with E-state index in [2.05, 4.69) is 11.9 Å². The molecule has 0 aromatic carbocycles. The zero-order valence-electron chi connectivity index (χ0n) is 10.7. The lowest BCUT2D eigenvalue weighted by molar-refractivity contribution is 0.0441. The third kappa shape index (κ3) is 4.82. The number of nitrogens with zero attached hydrogens (tertiary/aromatic N) is 1. The monoisotopic (exact) mass is 239 g/mol. The minimum atomic E-state index is -0.971. The van der Waals surface area contributed by atoms with Crippen LogP contribution >= 0.6 is 0 Å². The first-order valence-corrected chi connectivity index (χ1v) is 6.39. The lowest BCUT2D eigenvalue weighted by Gasteiger charge is -2.23. The maximum atomic E-state index is 13.0. The Labute approximate surface area is 103 Å². The van der Waals surface area contributed by atoms with Crippen molar-refractivity contribution in [1.29, 1.82) is 0 Å². The molecule has 1 N–H and O–H groups in total. The van der Waals surface area contributed by atoms with Crippen LogP contribution in [0.4, 0.5) is 4.39 Å². The molecule has 2 nitrogen and oxygen atoms in total. The Balaban J connectivity index is 2.45. The molecule has 0 fully saturated rings. The van der Waals surface area contributed by atoms with E-state index in [1.165, 1.54) is 31.5 Å². The van der Waals surface area contributed by atoms with Crippen LogP contribution in [-0.2, 0) is 5.60 Å². The number of hydrogen-bond donors (Lipinski definition) is 1. The van der Waals surface area contributed by atoms with Gasteiger partial charge in [0.25, 0.3) is 0 Å². The number of aliphatic hydroxyl groups is 1. The van der Waals surface area contributed by atoms with E-state index in [1.54, 1.807) is 6.92 Å². The summed E-state index contributed by atoms with van der Waals surface area (Å²) in [6.45, 7) is 3.90. The highest BCUT2D eigenvalue weighted by Crippen LogP contribution is 2.26. The van der Waals surface area contributed by atoms with Crippen LogP contribution in [-0.4, -0.2) is 10.1 Å². The van der Waals surface area contributed by atoms with Gasteiger partial charge >= 0.3 is 0 Å². The SMILES string of the molecule is CCCCCCCC(C)(O)c1cncc(F)c1. The van der Waals surface area contributed by atoms with Gasteiger partial charge in [0, 0.05) is 11.8 Å². The molecule has 0 aliphatic heterocycles. The van der Waals surface area contributed by atoms with Crippen molar-refractivity contribution in [1.82, 2.24) is 4.98 Å². The zero-order valence-corrected chi connectivity index (χ0v) is 10.7. The second-order valence-electron chi connectivity index (χ2n) is 4.83. The molecule has 1 unspecified atom stereocenters. The standard InChI is InChI=1S/C14H22FNO/c1-3-4-5-6-7-8-14(2,17)12-9-13(15)11-16-10-12/h9-11,17H,3-8H2,1-2H3. The number of rotatable bonds is 7. The fourth-order valence-corrected chi connectivity index (χ4v) is 1.92. The van der Waals surface area contributed by atoms with Crippen LogP contribution in [0.3, 0.4) is 0 Å². The minimum Gasteiger partial charge on any atom is -0.385 e. The smallest absolute Gasteiger partial charge is 0.141 e. The average Bonchev–Trinajstić information content (AvgIpc) is 2.29. The van der Waals surface area contributed by atoms with E-state index in [-0.39, 0.29) is 0 Å². The quantitative estimate of drug-likeness (QED) is 0.734. The lowest BCUT2D eigenvalue weighted by atomic mass is 9.91. The molecule has 1 atom stereocenters. The van der Waals surface area contributed by atoms with Gasteiger partial charge in [-0.2, -0.15) is 0 Å². The van der Waals surface area contributed by atoms with Crippen LogP contribution in [0.2, 0.25) is 0 Å². The molecule has 0 amide bonds. The molecule has 0 saturated carbocycles.